The van der Waals surface area contributed by atoms with Gasteiger partial charge in [0, 0.05) is 20.0 Å². The summed E-state index contributed by atoms with van der Waals surface area (Å²) in [5.74, 6) is 0.679. The average molecular weight is 360 g/mol. The summed E-state index contributed by atoms with van der Waals surface area (Å²) in [5, 5.41) is 2.82. The molecule has 138 valence electrons. The molecule has 26 heavy (non-hydrogen) atoms. The van der Waals surface area contributed by atoms with Crippen LogP contribution in [0, 0.1) is 12.7 Å². The van der Waals surface area contributed by atoms with Crippen LogP contribution in [0.4, 0.5) is 4.39 Å². The van der Waals surface area contributed by atoms with E-state index in [0.717, 1.165) is 11.5 Å². The van der Waals surface area contributed by atoms with Crippen molar-refractivity contribution in [1.29, 1.82) is 0 Å². The number of furan rings is 1. The average Bonchev–Trinajstić information content (AvgIpc) is 3.03. The summed E-state index contributed by atoms with van der Waals surface area (Å²) in [4.78, 5) is 26.1. The summed E-state index contributed by atoms with van der Waals surface area (Å²) in [5.41, 5.74) is 0.642. The van der Waals surface area contributed by atoms with E-state index in [2.05, 4.69) is 5.32 Å². The number of amides is 2. The maximum Gasteiger partial charge on any atom is 0.251 e. The van der Waals surface area contributed by atoms with Gasteiger partial charge in [-0.1, -0.05) is 12.1 Å². The largest absolute Gasteiger partial charge is 0.466 e. The first-order valence-electron chi connectivity index (χ1n) is 8.41. The number of nitrogens with zero attached hydrogens (tertiary/aromatic N) is 1. The highest BCUT2D eigenvalue weighted by atomic mass is 19.1. The monoisotopic (exact) mass is 360 g/mol. The molecule has 3 rings (SSSR count). The molecule has 1 N–H and O–H groups in total. The normalized spacial score (nSPS) is 20.3. The molecule has 2 aromatic rings. The Labute approximate surface area is 150 Å². The number of rotatable bonds is 5. The molecule has 2 amide bonds. The summed E-state index contributed by atoms with van der Waals surface area (Å²) >= 11 is 0. The van der Waals surface area contributed by atoms with Crippen LogP contribution in [0.5, 0.6) is 0 Å². The molecular weight excluding hydrogens is 339 g/mol. The lowest BCUT2D eigenvalue weighted by Crippen LogP contribution is -2.53. The molecule has 1 aromatic carbocycles. The Bertz CT molecular complexity index is 787. The highest BCUT2D eigenvalue weighted by molar-refractivity contribution is 5.86. The fraction of sp³-hybridized carbons (Fsp3) is 0.368. The van der Waals surface area contributed by atoms with Crippen molar-refractivity contribution in [2.24, 2.45) is 0 Å². The fourth-order valence-electron chi connectivity index (χ4n) is 3.02. The number of hydrogen-bond acceptors (Lipinski definition) is 4. The van der Waals surface area contributed by atoms with Gasteiger partial charge in [0.15, 0.2) is 6.10 Å². The number of hydrogen-bond donors (Lipinski definition) is 1. The number of likely N-dealkylation sites (N-methyl/N-ethyl adjacent to an activating group) is 1. The Morgan fingerprint density at radius 2 is 2.00 bits per heavy atom. The number of nitrogens with one attached hydrogen (secondary N) is 1. The van der Waals surface area contributed by atoms with Gasteiger partial charge in [-0.2, -0.15) is 0 Å². The smallest absolute Gasteiger partial charge is 0.251 e. The Kier molecular flexibility index (Phi) is 5.37. The van der Waals surface area contributed by atoms with E-state index in [1.165, 1.54) is 17.0 Å². The van der Waals surface area contributed by atoms with E-state index in [9.17, 15) is 14.0 Å². The molecule has 2 heterocycles. The first-order chi connectivity index (χ1) is 12.5. The first kappa shape index (κ1) is 18.1. The van der Waals surface area contributed by atoms with Crippen LogP contribution < -0.4 is 5.32 Å². The molecule has 0 saturated carbocycles. The highest BCUT2D eigenvalue weighted by Gasteiger charge is 2.39. The van der Waals surface area contributed by atoms with Crippen molar-refractivity contribution in [3.05, 3.63) is 59.3 Å². The molecule has 1 saturated heterocycles. The van der Waals surface area contributed by atoms with Gasteiger partial charge in [0.1, 0.15) is 23.9 Å². The number of carbonyl (C=O) groups is 2. The SMILES string of the molecule is Cc1ccc(CCNC(=O)[C@H]2OCC(=O)N(C)[C@@H]2c2ccc(F)cc2)o1. The second kappa shape index (κ2) is 7.70. The van der Waals surface area contributed by atoms with Crippen LogP contribution in [0.2, 0.25) is 0 Å². The third-order valence-corrected chi connectivity index (χ3v) is 4.42. The van der Waals surface area contributed by atoms with E-state index in [4.69, 9.17) is 9.15 Å². The molecule has 0 unspecified atom stereocenters. The van der Waals surface area contributed by atoms with E-state index in [-0.39, 0.29) is 24.2 Å². The summed E-state index contributed by atoms with van der Waals surface area (Å²) in [6.45, 7) is 2.08. The zero-order valence-electron chi connectivity index (χ0n) is 14.7. The van der Waals surface area contributed by atoms with Gasteiger partial charge in [-0.3, -0.25) is 9.59 Å². The van der Waals surface area contributed by atoms with Crippen LogP contribution in [0.1, 0.15) is 23.1 Å². The van der Waals surface area contributed by atoms with Crippen molar-refractivity contribution < 1.29 is 23.1 Å². The Morgan fingerprint density at radius 3 is 2.65 bits per heavy atom. The van der Waals surface area contributed by atoms with Crippen LogP contribution in [0.25, 0.3) is 0 Å². The van der Waals surface area contributed by atoms with Gasteiger partial charge < -0.3 is 19.4 Å². The number of halogens is 1. The van der Waals surface area contributed by atoms with Crippen molar-refractivity contribution in [3.63, 3.8) is 0 Å². The number of benzene rings is 1. The van der Waals surface area contributed by atoms with Gasteiger partial charge in [0.2, 0.25) is 5.91 Å². The lowest BCUT2D eigenvalue weighted by Gasteiger charge is -2.38. The molecule has 1 aliphatic heterocycles. The lowest BCUT2D eigenvalue weighted by molar-refractivity contribution is -0.162. The fourth-order valence-corrected chi connectivity index (χ4v) is 3.02. The summed E-state index contributed by atoms with van der Waals surface area (Å²) in [7, 11) is 1.62. The minimum absolute atomic E-state index is 0.163. The molecule has 2 atom stereocenters. The highest BCUT2D eigenvalue weighted by Crippen LogP contribution is 2.29. The minimum Gasteiger partial charge on any atom is -0.466 e. The summed E-state index contributed by atoms with van der Waals surface area (Å²) in [6.07, 6.45) is -0.302. The molecule has 1 fully saturated rings. The number of carbonyl (C=O) groups excluding carboxylic acids is 2. The number of morpholine rings is 1. The second-order valence-electron chi connectivity index (χ2n) is 6.29. The molecule has 6 nitrogen and oxygen atoms in total. The van der Waals surface area contributed by atoms with Crippen LogP contribution in [0.3, 0.4) is 0 Å². The van der Waals surface area contributed by atoms with Crippen LogP contribution in [-0.2, 0) is 20.7 Å². The van der Waals surface area contributed by atoms with Crippen molar-refractivity contribution in [2.75, 3.05) is 20.2 Å². The third kappa shape index (κ3) is 3.94. The van der Waals surface area contributed by atoms with Crippen LogP contribution in [0.15, 0.2) is 40.8 Å². The van der Waals surface area contributed by atoms with Crippen molar-refractivity contribution in [1.82, 2.24) is 10.2 Å². The predicted octanol–water partition coefficient (Wildman–Crippen LogP) is 1.98. The van der Waals surface area contributed by atoms with E-state index in [1.807, 2.05) is 19.1 Å². The van der Waals surface area contributed by atoms with Gasteiger partial charge in [0.25, 0.3) is 5.91 Å². The molecule has 0 aliphatic carbocycles. The number of aryl methyl sites for hydroxylation is 1. The second-order valence-corrected chi connectivity index (χ2v) is 6.29. The third-order valence-electron chi connectivity index (χ3n) is 4.42. The molecule has 1 aliphatic rings. The zero-order chi connectivity index (χ0) is 18.7. The summed E-state index contributed by atoms with van der Waals surface area (Å²) < 4.78 is 24.2. The van der Waals surface area contributed by atoms with Crippen molar-refractivity contribution >= 4 is 11.8 Å². The van der Waals surface area contributed by atoms with Gasteiger partial charge in [-0.25, -0.2) is 4.39 Å². The molecule has 1 aromatic heterocycles. The predicted molar refractivity (Wildman–Crippen MR) is 91.8 cm³/mol. The maximum absolute atomic E-state index is 13.2. The molecular formula is C19H21FN2O4. The Hall–Kier alpha value is -2.67. The van der Waals surface area contributed by atoms with E-state index in [1.54, 1.807) is 19.2 Å². The molecule has 0 radical (unpaired) electrons. The lowest BCUT2D eigenvalue weighted by atomic mass is 9.97. The maximum atomic E-state index is 13.2. The van der Waals surface area contributed by atoms with E-state index in [0.29, 0.717) is 18.5 Å². The Morgan fingerprint density at radius 1 is 1.27 bits per heavy atom. The molecule has 0 bridgehead atoms. The van der Waals surface area contributed by atoms with Gasteiger partial charge in [-0.15, -0.1) is 0 Å². The van der Waals surface area contributed by atoms with Gasteiger partial charge >= 0.3 is 0 Å². The first-order valence-corrected chi connectivity index (χ1v) is 8.41. The standard InChI is InChI=1S/C19H21FN2O4/c1-12-3-8-15(26-12)9-10-21-19(24)18-17(22(2)16(23)11-25-18)13-4-6-14(20)7-5-13/h3-8,17-18H,9-11H2,1-2H3,(H,21,24)/t17-,18+/m1/s1. The van der Waals surface area contributed by atoms with Crippen LogP contribution >= 0.6 is 0 Å². The van der Waals surface area contributed by atoms with E-state index >= 15 is 0 Å². The van der Waals surface area contributed by atoms with Crippen molar-refractivity contribution in [3.8, 4) is 0 Å². The zero-order valence-corrected chi connectivity index (χ0v) is 14.7. The molecule has 0 spiro atoms. The molecule has 7 heteroatoms. The minimum atomic E-state index is -0.860. The summed E-state index contributed by atoms with van der Waals surface area (Å²) in [6, 6.07) is 8.85. The van der Waals surface area contributed by atoms with Crippen molar-refractivity contribution in [2.45, 2.75) is 25.5 Å². The van der Waals surface area contributed by atoms with E-state index < -0.39 is 12.1 Å². The van der Waals surface area contributed by atoms with Gasteiger partial charge in [-0.05, 0) is 36.8 Å². The Balaban J connectivity index is 1.69. The van der Waals surface area contributed by atoms with Gasteiger partial charge in [0.05, 0.1) is 6.04 Å². The quantitative estimate of drug-likeness (QED) is 0.885. The number of ether oxygens (including phenoxy) is 1. The van der Waals surface area contributed by atoms with Crippen LogP contribution in [-0.4, -0.2) is 43.0 Å². The topological polar surface area (TPSA) is 71.8 Å².